The van der Waals surface area contributed by atoms with Crippen LogP contribution < -0.4 is 19.5 Å². The van der Waals surface area contributed by atoms with Gasteiger partial charge < -0.3 is 19.5 Å². The fourth-order valence-electron chi connectivity index (χ4n) is 3.31. The summed E-state index contributed by atoms with van der Waals surface area (Å²) in [6, 6.07) is 13.2. The molecule has 5 nitrogen and oxygen atoms in total. The average molecular weight is 369 g/mol. The number of aryl methyl sites for hydroxylation is 1. The maximum Gasteiger partial charge on any atom is 0.261 e. The number of hydrogen-bond donors (Lipinski definition) is 1. The lowest BCUT2D eigenvalue weighted by atomic mass is 9.89. The molecule has 0 bridgehead atoms. The van der Waals surface area contributed by atoms with Gasteiger partial charge in [-0.25, -0.2) is 0 Å². The highest BCUT2D eigenvalue weighted by Gasteiger charge is 2.35. The number of para-hydroxylation sites is 1. The molecule has 2 aromatic rings. The van der Waals surface area contributed by atoms with Crippen molar-refractivity contribution in [2.75, 3.05) is 7.11 Å². The predicted molar refractivity (Wildman–Crippen MR) is 104 cm³/mol. The Morgan fingerprint density at radius 1 is 1.26 bits per heavy atom. The molecule has 1 heterocycles. The SMILES string of the molecule is COc1ccc2c(c1)C(NC(=O)C(C)Oc1ccccc1C)CC(C)(C)O2. The molecule has 1 aliphatic heterocycles. The lowest BCUT2D eigenvalue weighted by Gasteiger charge is -2.38. The second kappa shape index (κ2) is 7.51. The third-order valence-electron chi connectivity index (χ3n) is 4.76. The van der Waals surface area contributed by atoms with Gasteiger partial charge in [0, 0.05) is 12.0 Å². The van der Waals surface area contributed by atoms with Crippen molar-refractivity contribution in [2.45, 2.75) is 51.9 Å². The van der Waals surface area contributed by atoms with Crippen LogP contribution in [-0.2, 0) is 4.79 Å². The molecule has 0 fully saturated rings. The summed E-state index contributed by atoms with van der Waals surface area (Å²) in [5, 5.41) is 3.12. The normalized spacial score (nSPS) is 18.6. The van der Waals surface area contributed by atoms with Gasteiger partial charge in [0.25, 0.3) is 5.91 Å². The van der Waals surface area contributed by atoms with E-state index in [0.717, 1.165) is 28.4 Å². The van der Waals surface area contributed by atoms with Gasteiger partial charge in [0.15, 0.2) is 6.10 Å². The molecule has 0 aromatic heterocycles. The number of nitrogens with one attached hydrogen (secondary N) is 1. The highest BCUT2D eigenvalue weighted by molar-refractivity contribution is 5.81. The first kappa shape index (κ1) is 19.1. The molecule has 5 heteroatoms. The first-order valence-corrected chi connectivity index (χ1v) is 9.19. The van der Waals surface area contributed by atoms with Crippen LogP contribution in [0.2, 0.25) is 0 Å². The number of carbonyl (C=O) groups excluding carboxylic acids is 1. The maximum absolute atomic E-state index is 12.8. The third-order valence-corrected chi connectivity index (χ3v) is 4.76. The molecule has 1 amide bonds. The van der Waals surface area contributed by atoms with Crippen LogP contribution in [0, 0.1) is 6.92 Å². The van der Waals surface area contributed by atoms with Crippen LogP contribution in [0.3, 0.4) is 0 Å². The standard InChI is InChI=1S/C22H27NO4/c1-14-8-6-7-9-19(14)26-15(2)21(24)23-18-13-22(3,4)27-20-11-10-16(25-5)12-17(18)20/h6-12,15,18H,13H2,1-5H3,(H,23,24). The molecule has 0 radical (unpaired) electrons. The van der Waals surface area contributed by atoms with E-state index in [4.69, 9.17) is 14.2 Å². The minimum Gasteiger partial charge on any atom is -0.497 e. The predicted octanol–water partition coefficient (Wildman–Crippen LogP) is 4.19. The zero-order valence-corrected chi connectivity index (χ0v) is 16.5. The lowest BCUT2D eigenvalue weighted by molar-refractivity contribution is -0.128. The Hall–Kier alpha value is -2.69. The van der Waals surface area contributed by atoms with Gasteiger partial charge >= 0.3 is 0 Å². The van der Waals surface area contributed by atoms with Gasteiger partial charge in [0.2, 0.25) is 0 Å². The average Bonchev–Trinajstić information content (AvgIpc) is 2.62. The number of fused-ring (bicyclic) bond motifs is 1. The number of benzene rings is 2. The summed E-state index contributed by atoms with van der Waals surface area (Å²) >= 11 is 0. The van der Waals surface area contributed by atoms with E-state index in [2.05, 4.69) is 5.32 Å². The van der Waals surface area contributed by atoms with E-state index in [-0.39, 0.29) is 17.6 Å². The van der Waals surface area contributed by atoms with Crippen LogP contribution in [-0.4, -0.2) is 24.7 Å². The Bertz CT molecular complexity index is 831. The van der Waals surface area contributed by atoms with Crippen LogP contribution in [0.1, 0.15) is 44.4 Å². The number of methoxy groups -OCH3 is 1. The van der Waals surface area contributed by atoms with Gasteiger partial charge in [-0.05, 0) is 57.5 Å². The molecule has 2 atom stereocenters. The van der Waals surface area contributed by atoms with E-state index >= 15 is 0 Å². The van der Waals surface area contributed by atoms with E-state index in [1.807, 2.05) is 63.2 Å². The highest BCUT2D eigenvalue weighted by Crippen LogP contribution is 2.41. The molecule has 1 N–H and O–H groups in total. The fourth-order valence-corrected chi connectivity index (χ4v) is 3.31. The molecular weight excluding hydrogens is 342 g/mol. The summed E-state index contributed by atoms with van der Waals surface area (Å²) < 4.78 is 17.3. The Kier molecular flexibility index (Phi) is 5.31. The van der Waals surface area contributed by atoms with E-state index in [1.165, 1.54) is 0 Å². The highest BCUT2D eigenvalue weighted by atomic mass is 16.5. The molecule has 0 saturated carbocycles. The Labute approximate surface area is 160 Å². The molecule has 144 valence electrons. The summed E-state index contributed by atoms with van der Waals surface area (Å²) in [5.74, 6) is 2.06. The summed E-state index contributed by atoms with van der Waals surface area (Å²) in [7, 11) is 1.63. The van der Waals surface area contributed by atoms with Gasteiger partial charge in [-0.3, -0.25) is 4.79 Å². The second-order valence-electron chi connectivity index (χ2n) is 7.56. The summed E-state index contributed by atoms with van der Waals surface area (Å²) in [5.41, 5.74) is 1.55. The van der Waals surface area contributed by atoms with Crippen molar-refractivity contribution < 1.29 is 19.0 Å². The van der Waals surface area contributed by atoms with Crippen LogP contribution >= 0.6 is 0 Å². The smallest absolute Gasteiger partial charge is 0.261 e. The summed E-state index contributed by atoms with van der Waals surface area (Å²) in [6.07, 6.45) is 0.0572. The van der Waals surface area contributed by atoms with Crippen molar-refractivity contribution in [1.29, 1.82) is 0 Å². The van der Waals surface area contributed by atoms with Gasteiger partial charge in [0.1, 0.15) is 22.8 Å². The number of hydrogen-bond acceptors (Lipinski definition) is 4. The Balaban J connectivity index is 1.78. The molecule has 2 unspecified atom stereocenters. The number of carbonyl (C=O) groups is 1. The monoisotopic (exact) mass is 369 g/mol. The quantitative estimate of drug-likeness (QED) is 0.859. The minimum absolute atomic E-state index is 0.158. The van der Waals surface area contributed by atoms with Crippen LogP contribution in [0.4, 0.5) is 0 Å². The van der Waals surface area contributed by atoms with Crippen molar-refractivity contribution in [2.24, 2.45) is 0 Å². The van der Waals surface area contributed by atoms with Gasteiger partial charge in [-0.2, -0.15) is 0 Å². The molecule has 0 saturated heterocycles. The summed E-state index contributed by atoms with van der Waals surface area (Å²) in [4.78, 5) is 12.8. The number of amides is 1. The van der Waals surface area contributed by atoms with Crippen molar-refractivity contribution in [3.63, 3.8) is 0 Å². The lowest BCUT2D eigenvalue weighted by Crippen LogP contribution is -2.44. The molecule has 2 aromatic carbocycles. The Morgan fingerprint density at radius 3 is 2.70 bits per heavy atom. The molecule has 3 rings (SSSR count). The largest absolute Gasteiger partial charge is 0.497 e. The first-order chi connectivity index (χ1) is 12.8. The molecular formula is C22H27NO4. The van der Waals surface area contributed by atoms with Crippen molar-refractivity contribution in [3.8, 4) is 17.2 Å². The molecule has 27 heavy (non-hydrogen) atoms. The molecule has 0 spiro atoms. The Morgan fingerprint density at radius 2 is 2.00 bits per heavy atom. The summed E-state index contributed by atoms with van der Waals surface area (Å²) in [6.45, 7) is 7.77. The number of rotatable bonds is 5. The zero-order chi connectivity index (χ0) is 19.6. The van der Waals surface area contributed by atoms with Crippen molar-refractivity contribution in [1.82, 2.24) is 5.32 Å². The topological polar surface area (TPSA) is 56.8 Å². The van der Waals surface area contributed by atoms with E-state index in [0.29, 0.717) is 6.42 Å². The third kappa shape index (κ3) is 4.35. The fraction of sp³-hybridized carbons (Fsp3) is 0.409. The molecule has 1 aliphatic rings. The van der Waals surface area contributed by atoms with Gasteiger partial charge in [0.05, 0.1) is 13.2 Å². The van der Waals surface area contributed by atoms with E-state index in [1.54, 1.807) is 14.0 Å². The first-order valence-electron chi connectivity index (χ1n) is 9.19. The van der Waals surface area contributed by atoms with Crippen LogP contribution in [0.5, 0.6) is 17.2 Å². The zero-order valence-electron chi connectivity index (χ0n) is 16.5. The minimum atomic E-state index is -0.605. The van der Waals surface area contributed by atoms with Crippen molar-refractivity contribution >= 4 is 5.91 Å². The van der Waals surface area contributed by atoms with Gasteiger partial charge in [-0.1, -0.05) is 18.2 Å². The van der Waals surface area contributed by atoms with E-state index in [9.17, 15) is 4.79 Å². The second-order valence-corrected chi connectivity index (χ2v) is 7.56. The maximum atomic E-state index is 12.8. The van der Waals surface area contributed by atoms with Gasteiger partial charge in [-0.15, -0.1) is 0 Å². The molecule has 0 aliphatic carbocycles. The van der Waals surface area contributed by atoms with Crippen LogP contribution in [0.15, 0.2) is 42.5 Å². The van der Waals surface area contributed by atoms with Crippen molar-refractivity contribution in [3.05, 3.63) is 53.6 Å². The van der Waals surface area contributed by atoms with E-state index < -0.39 is 6.10 Å². The number of ether oxygens (including phenoxy) is 3. The van der Waals surface area contributed by atoms with Crippen LogP contribution in [0.25, 0.3) is 0 Å².